The topological polar surface area (TPSA) is 38.3 Å². The SMILES string of the molecule is COC(=O)c1cc(Br)cc(Br)c1NCc1sccc1C. The van der Waals surface area contributed by atoms with Gasteiger partial charge in [0.2, 0.25) is 0 Å². The van der Waals surface area contributed by atoms with E-state index < -0.39 is 0 Å². The minimum absolute atomic E-state index is 0.364. The second-order valence-electron chi connectivity index (χ2n) is 4.18. The molecule has 20 heavy (non-hydrogen) atoms. The molecule has 0 saturated carbocycles. The highest BCUT2D eigenvalue weighted by Crippen LogP contribution is 2.32. The molecule has 1 N–H and O–H groups in total. The van der Waals surface area contributed by atoms with Crippen LogP contribution in [0.25, 0.3) is 0 Å². The lowest BCUT2D eigenvalue weighted by Crippen LogP contribution is -2.09. The molecule has 106 valence electrons. The molecule has 1 aromatic heterocycles. The van der Waals surface area contributed by atoms with Gasteiger partial charge in [-0.15, -0.1) is 11.3 Å². The summed E-state index contributed by atoms with van der Waals surface area (Å²) in [5.74, 6) is -0.364. The summed E-state index contributed by atoms with van der Waals surface area (Å²) in [5, 5.41) is 5.37. The summed E-state index contributed by atoms with van der Waals surface area (Å²) in [6, 6.07) is 5.73. The maximum absolute atomic E-state index is 11.9. The van der Waals surface area contributed by atoms with Gasteiger partial charge in [-0.3, -0.25) is 0 Å². The fraction of sp³-hybridized carbons (Fsp3) is 0.214. The third-order valence-corrected chi connectivity index (χ3v) is 4.96. The van der Waals surface area contributed by atoms with Gasteiger partial charge in [-0.05, 0) is 52.0 Å². The monoisotopic (exact) mass is 417 g/mol. The molecular weight excluding hydrogens is 406 g/mol. The lowest BCUT2D eigenvalue weighted by Gasteiger charge is -2.13. The van der Waals surface area contributed by atoms with Crippen molar-refractivity contribution in [3.8, 4) is 0 Å². The highest BCUT2D eigenvalue weighted by atomic mass is 79.9. The van der Waals surface area contributed by atoms with E-state index in [1.807, 2.05) is 6.07 Å². The zero-order valence-electron chi connectivity index (χ0n) is 11.0. The fourth-order valence-electron chi connectivity index (χ4n) is 1.78. The maximum atomic E-state index is 11.9. The number of hydrogen-bond donors (Lipinski definition) is 1. The summed E-state index contributed by atoms with van der Waals surface area (Å²) in [7, 11) is 1.38. The zero-order chi connectivity index (χ0) is 14.7. The van der Waals surface area contributed by atoms with E-state index >= 15 is 0 Å². The number of aryl methyl sites for hydroxylation is 1. The molecule has 0 aliphatic rings. The molecule has 1 aromatic carbocycles. The first-order chi connectivity index (χ1) is 9.52. The Bertz CT molecular complexity index is 640. The van der Waals surface area contributed by atoms with Crippen molar-refractivity contribution < 1.29 is 9.53 Å². The van der Waals surface area contributed by atoms with Crippen LogP contribution in [0.15, 0.2) is 32.5 Å². The van der Waals surface area contributed by atoms with Crippen LogP contribution in [0.2, 0.25) is 0 Å². The first kappa shape index (κ1) is 15.5. The number of thiophene rings is 1. The van der Waals surface area contributed by atoms with Crippen molar-refractivity contribution in [1.82, 2.24) is 0 Å². The van der Waals surface area contributed by atoms with Gasteiger partial charge < -0.3 is 10.1 Å². The smallest absolute Gasteiger partial charge is 0.340 e. The molecule has 0 saturated heterocycles. The maximum Gasteiger partial charge on any atom is 0.340 e. The van der Waals surface area contributed by atoms with E-state index in [0.29, 0.717) is 12.1 Å². The predicted octanol–water partition coefficient (Wildman–Crippen LogP) is 4.98. The van der Waals surface area contributed by atoms with Gasteiger partial charge in [0.1, 0.15) is 0 Å². The number of esters is 1. The Hall–Kier alpha value is -0.850. The van der Waals surface area contributed by atoms with Gasteiger partial charge in [0.05, 0.1) is 18.4 Å². The van der Waals surface area contributed by atoms with E-state index in [1.165, 1.54) is 17.6 Å². The van der Waals surface area contributed by atoms with Gasteiger partial charge in [0.25, 0.3) is 0 Å². The summed E-state index contributed by atoms with van der Waals surface area (Å²) >= 11 is 8.56. The van der Waals surface area contributed by atoms with E-state index in [4.69, 9.17) is 4.74 Å². The van der Waals surface area contributed by atoms with Crippen molar-refractivity contribution in [3.63, 3.8) is 0 Å². The summed E-state index contributed by atoms with van der Waals surface area (Å²) in [6.45, 7) is 2.75. The van der Waals surface area contributed by atoms with Crippen LogP contribution in [-0.4, -0.2) is 13.1 Å². The van der Waals surface area contributed by atoms with E-state index in [1.54, 1.807) is 17.4 Å². The number of rotatable bonds is 4. The molecule has 0 amide bonds. The van der Waals surface area contributed by atoms with Crippen LogP contribution < -0.4 is 5.32 Å². The Morgan fingerprint density at radius 2 is 2.15 bits per heavy atom. The number of anilines is 1. The van der Waals surface area contributed by atoms with Gasteiger partial charge in [0, 0.05) is 20.4 Å². The molecule has 6 heteroatoms. The van der Waals surface area contributed by atoms with Gasteiger partial charge in [0.15, 0.2) is 0 Å². The fourth-order valence-corrected chi connectivity index (χ4v) is 3.99. The lowest BCUT2D eigenvalue weighted by molar-refractivity contribution is 0.0601. The standard InChI is InChI=1S/C14H13Br2NO2S/c1-8-3-4-20-12(8)7-17-13-10(14(18)19-2)5-9(15)6-11(13)16/h3-6,17H,7H2,1-2H3. The third kappa shape index (κ3) is 3.42. The number of ether oxygens (including phenoxy) is 1. The number of methoxy groups -OCH3 is 1. The molecule has 0 fully saturated rings. The molecule has 0 unspecified atom stereocenters. The second kappa shape index (κ2) is 6.74. The van der Waals surface area contributed by atoms with Crippen molar-refractivity contribution in [2.24, 2.45) is 0 Å². The first-order valence-corrected chi connectivity index (χ1v) is 8.33. The van der Waals surface area contributed by atoms with Crippen LogP contribution in [0.3, 0.4) is 0 Å². The molecule has 0 aliphatic heterocycles. The lowest BCUT2D eigenvalue weighted by atomic mass is 10.1. The van der Waals surface area contributed by atoms with Crippen molar-refractivity contribution in [3.05, 3.63) is 48.5 Å². The molecule has 0 atom stereocenters. The summed E-state index contributed by atoms with van der Waals surface area (Å²) in [5.41, 5.74) is 2.49. The molecule has 2 aromatic rings. The number of hydrogen-bond acceptors (Lipinski definition) is 4. The molecule has 0 bridgehead atoms. The Kier molecular flexibility index (Phi) is 5.23. The molecule has 1 heterocycles. The van der Waals surface area contributed by atoms with Crippen LogP contribution in [0, 0.1) is 6.92 Å². The largest absolute Gasteiger partial charge is 0.465 e. The van der Waals surface area contributed by atoms with Crippen molar-refractivity contribution in [2.45, 2.75) is 13.5 Å². The highest BCUT2D eigenvalue weighted by molar-refractivity contribution is 9.11. The van der Waals surface area contributed by atoms with E-state index in [9.17, 15) is 4.79 Å². The Morgan fingerprint density at radius 1 is 1.40 bits per heavy atom. The van der Waals surface area contributed by atoms with Crippen LogP contribution in [0.1, 0.15) is 20.8 Å². The summed E-state index contributed by atoms with van der Waals surface area (Å²) < 4.78 is 6.47. The molecule has 0 aliphatic carbocycles. The third-order valence-electron chi connectivity index (χ3n) is 2.85. The van der Waals surface area contributed by atoms with Crippen LogP contribution in [0.5, 0.6) is 0 Å². The minimum atomic E-state index is -0.364. The number of nitrogens with one attached hydrogen (secondary N) is 1. The van der Waals surface area contributed by atoms with E-state index in [2.05, 4.69) is 55.5 Å². The quantitative estimate of drug-likeness (QED) is 0.711. The second-order valence-corrected chi connectivity index (χ2v) is 6.95. The summed E-state index contributed by atoms with van der Waals surface area (Å²) in [6.07, 6.45) is 0. The van der Waals surface area contributed by atoms with Crippen LogP contribution in [-0.2, 0) is 11.3 Å². The minimum Gasteiger partial charge on any atom is -0.465 e. The molecular formula is C14H13Br2NO2S. The summed E-state index contributed by atoms with van der Waals surface area (Å²) in [4.78, 5) is 13.1. The normalized spacial score (nSPS) is 10.4. The average molecular weight is 419 g/mol. The van der Waals surface area contributed by atoms with Crippen molar-refractivity contribution >= 4 is 54.9 Å². The molecule has 3 nitrogen and oxygen atoms in total. The van der Waals surface area contributed by atoms with Gasteiger partial charge in [-0.1, -0.05) is 15.9 Å². The van der Waals surface area contributed by atoms with Gasteiger partial charge in [-0.2, -0.15) is 0 Å². The number of carbonyl (C=O) groups is 1. The Morgan fingerprint density at radius 3 is 2.75 bits per heavy atom. The van der Waals surface area contributed by atoms with E-state index in [0.717, 1.165) is 14.6 Å². The molecule has 0 radical (unpaired) electrons. The van der Waals surface area contributed by atoms with E-state index in [-0.39, 0.29) is 5.97 Å². The van der Waals surface area contributed by atoms with Crippen molar-refractivity contribution in [1.29, 1.82) is 0 Å². The zero-order valence-corrected chi connectivity index (χ0v) is 15.0. The Balaban J connectivity index is 2.30. The number of carbonyl (C=O) groups excluding carboxylic acids is 1. The Labute approximate surface area is 138 Å². The number of benzene rings is 1. The number of halogens is 2. The van der Waals surface area contributed by atoms with Gasteiger partial charge in [-0.25, -0.2) is 4.79 Å². The van der Waals surface area contributed by atoms with Crippen molar-refractivity contribution in [2.75, 3.05) is 12.4 Å². The highest BCUT2D eigenvalue weighted by Gasteiger charge is 2.16. The molecule has 0 spiro atoms. The predicted molar refractivity (Wildman–Crippen MR) is 89.6 cm³/mol. The first-order valence-electron chi connectivity index (χ1n) is 5.87. The average Bonchev–Trinajstić information content (AvgIpc) is 2.81. The molecule has 2 rings (SSSR count). The van der Waals surface area contributed by atoms with Crippen LogP contribution in [0.4, 0.5) is 5.69 Å². The van der Waals surface area contributed by atoms with Gasteiger partial charge >= 0.3 is 5.97 Å². The van der Waals surface area contributed by atoms with Crippen LogP contribution >= 0.6 is 43.2 Å².